The first-order valence-electron chi connectivity index (χ1n) is 7.33. The first-order chi connectivity index (χ1) is 8.61. The van der Waals surface area contributed by atoms with Crippen LogP contribution in [0.1, 0.15) is 39.5 Å². The van der Waals surface area contributed by atoms with Gasteiger partial charge in [0, 0.05) is 38.0 Å². The van der Waals surface area contributed by atoms with Crippen molar-refractivity contribution in [2.45, 2.75) is 57.4 Å². The number of hydrogen-bond donors (Lipinski definition) is 1. The Labute approximate surface area is 111 Å². The third kappa shape index (κ3) is 3.67. The van der Waals surface area contributed by atoms with Gasteiger partial charge in [0.05, 0.1) is 13.2 Å². The van der Waals surface area contributed by atoms with Crippen molar-refractivity contribution in [2.24, 2.45) is 0 Å². The third-order valence-electron chi connectivity index (χ3n) is 4.34. The van der Waals surface area contributed by atoms with Crippen molar-refractivity contribution in [2.75, 3.05) is 33.4 Å². The molecule has 0 aromatic heterocycles. The van der Waals surface area contributed by atoms with E-state index in [0.717, 1.165) is 39.1 Å². The third-order valence-corrected chi connectivity index (χ3v) is 4.34. The second-order valence-corrected chi connectivity index (χ2v) is 5.91. The van der Waals surface area contributed by atoms with Crippen LogP contribution in [0.15, 0.2) is 0 Å². The SMILES string of the molecule is CC(C)N(C)CCNC1CCC2(CC1)OCCO2. The summed E-state index contributed by atoms with van der Waals surface area (Å²) in [4.78, 5) is 2.38. The molecule has 4 nitrogen and oxygen atoms in total. The average molecular weight is 256 g/mol. The van der Waals surface area contributed by atoms with Crippen molar-refractivity contribution in [3.05, 3.63) is 0 Å². The fourth-order valence-corrected chi connectivity index (χ4v) is 2.75. The lowest BCUT2D eigenvalue weighted by Gasteiger charge is -2.36. The Hall–Kier alpha value is -0.160. The van der Waals surface area contributed by atoms with Gasteiger partial charge in [-0.2, -0.15) is 0 Å². The minimum absolute atomic E-state index is 0.215. The minimum Gasteiger partial charge on any atom is -0.348 e. The Morgan fingerprint density at radius 3 is 2.39 bits per heavy atom. The molecule has 18 heavy (non-hydrogen) atoms. The molecular formula is C14H28N2O2. The maximum atomic E-state index is 5.75. The molecular weight excluding hydrogens is 228 g/mol. The van der Waals surface area contributed by atoms with E-state index in [1.807, 2.05) is 0 Å². The zero-order valence-electron chi connectivity index (χ0n) is 12.1. The van der Waals surface area contributed by atoms with E-state index >= 15 is 0 Å². The first-order valence-corrected chi connectivity index (χ1v) is 7.33. The molecule has 0 aromatic carbocycles. The van der Waals surface area contributed by atoms with E-state index in [1.54, 1.807) is 0 Å². The van der Waals surface area contributed by atoms with E-state index in [9.17, 15) is 0 Å². The summed E-state index contributed by atoms with van der Waals surface area (Å²) in [6.45, 7) is 8.22. The van der Waals surface area contributed by atoms with Gasteiger partial charge in [0.2, 0.25) is 0 Å². The molecule has 0 radical (unpaired) electrons. The average Bonchev–Trinajstić information content (AvgIpc) is 2.80. The molecule has 0 unspecified atom stereocenters. The van der Waals surface area contributed by atoms with Gasteiger partial charge in [0.1, 0.15) is 0 Å². The minimum atomic E-state index is -0.215. The van der Waals surface area contributed by atoms with Crippen molar-refractivity contribution in [3.63, 3.8) is 0 Å². The highest BCUT2D eigenvalue weighted by molar-refractivity contribution is 4.85. The van der Waals surface area contributed by atoms with Crippen LogP contribution in [0.5, 0.6) is 0 Å². The molecule has 2 fully saturated rings. The largest absolute Gasteiger partial charge is 0.348 e. The lowest BCUT2D eigenvalue weighted by Crippen LogP contribution is -2.44. The summed E-state index contributed by atoms with van der Waals surface area (Å²) in [6.07, 6.45) is 4.44. The highest BCUT2D eigenvalue weighted by Crippen LogP contribution is 2.35. The van der Waals surface area contributed by atoms with Crippen LogP contribution in [0.3, 0.4) is 0 Å². The molecule has 1 saturated heterocycles. The fraction of sp³-hybridized carbons (Fsp3) is 1.00. The first kappa shape index (κ1) is 14.3. The summed E-state index contributed by atoms with van der Waals surface area (Å²) < 4.78 is 11.5. The Bertz CT molecular complexity index is 242. The lowest BCUT2D eigenvalue weighted by atomic mass is 9.90. The molecule has 106 valence electrons. The van der Waals surface area contributed by atoms with Gasteiger partial charge in [0.25, 0.3) is 0 Å². The summed E-state index contributed by atoms with van der Waals surface area (Å²) in [7, 11) is 2.18. The van der Waals surface area contributed by atoms with Crippen LogP contribution in [0.2, 0.25) is 0 Å². The second kappa shape index (κ2) is 6.33. The van der Waals surface area contributed by atoms with Crippen LogP contribution in [0, 0.1) is 0 Å². The molecule has 4 heteroatoms. The van der Waals surface area contributed by atoms with Crippen LogP contribution >= 0.6 is 0 Å². The van der Waals surface area contributed by atoms with E-state index in [2.05, 4.69) is 31.1 Å². The molecule has 2 aliphatic rings. The Morgan fingerprint density at radius 1 is 1.22 bits per heavy atom. The van der Waals surface area contributed by atoms with Crippen LogP contribution in [-0.4, -0.2) is 56.1 Å². The summed E-state index contributed by atoms with van der Waals surface area (Å²) >= 11 is 0. The smallest absolute Gasteiger partial charge is 0.168 e. The van der Waals surface area contributed by atoms with E-state index in [4.69, 9.17) is 9.47 Å². The number of rotatable bonds is 5. The Morgan fingerprint density at radius 2 is 1.83 bits per heavy atom. The Kier molecular flexibility index (Phi) is 5.01. The second-order valence-electron chi connectivity index (χ2n) is 5.91. The summed E-state index contributed by atoms with van der Waals surface area (Å²) in [6, 6.07) is 1.27. The molecule has 1 spiro atoms. The molecule has 1 aliphatic heterocycles. The molecule has 1 N–H and O–H groups in total. The van der Waals surface area contributed by atoms with Crippen molar-refractivity contribution in [1.82, 2.24) is 10.2 Å². The van der Waals surface area contributed by atoms with Crippen molar-refractivity contribution < 1.29 is 9.47 Å². The van der Waals surface area contributed by atoms with Crippen molar-refractivity contribution in [1.29, 1.82) is 0 Å². The van der Waals surface area contributed by atoms with Crippen LogP contribution in [-0.2, 0) is 9.47 Å². The summed E-state index contributed by atoms with van der Waals surface area (Å²) in [5, 5.41) is 3.66. The highest BCUT2D eigenvalue weighted by Gasteiger charge is 2.39. The van der Waals surface area contributed by atoms with Gasteiger partial charge in [0.15, 0.2) is 5.79 Å². The molecule has 0 atom stereocenters. The number of likely N-dealkylation sites (N-methyl/N-ethyl adjacent to an activating group) is 1. The molecule has 0 amide bonds. The number of hydrogen-bond acceptors (Lipinski definition) is 4. The molecule has 0 bridgehead atoms. The predicted octanol–water partition coefficient (Wildman–Crippen LogP) is 1.60. The van der Waals surface area contributed by atoms with Gasteiger partial charge in [-0.1, -0.05) is 0 Å². The zero-order chi connectivity index (χ0) is 13.0. The molecule has 2 rings (SSSR count). The van der Waals surface area contributed by atoms with Gasteiger partial charge in [-0.15, -0.1) is 0 Å². The quantitative estimate of drug-likeness (QED) is 0.810. The molecule has 1 saturated carbocycles. The highest BCUT2D eigenvalue weighted by atomic mass is 16.7. The Balaban J connectivity index is 1.62. The van der Waals surface area contributed by atoms with Gasteiger partial charge in [-0.3, -0.25) is 0 Å². The van der Waals surface area contributed by atoms with Crippen LogP contribution in [0.25, 0.3) is 0 Å². The van der Waals surface area contributed by atoms with E-state index in [0.29, 0.717) is 12.1 Å². The van der Waals surface area contributed by atoms with Crippen molar-refractivity contribution in [3.8, 4) is 0 Å². The van der Waals surface area contributed by atoms with Gasteiger partial charge in [-0.25, -0.2) is 0 Å². The monoisotopic (exact) mass is 256 g/mol. The maximum Gasteiger partial charge on any atom is 0.168 e. The topological polar surface area (TPSA) is 33.7 Å². The van der Waals surface area contributed by atoms with Crippen LogP contribution in [0.4, 0.5) is 0 Å². The lowest BCUT2D eigenvalue weighted by molar-refractivity contribution is -0.179. The van der Waals surface area contributed by atoms with E-state index in [1.165, 1.54) is 12.8 Å². The number of nitrogens with zero attached hydrogens (tertiary/aromatic N) is 1. The summed E-state index contributed by atoms with van der Waals surface area (Å²) in [5.41, 5.74) is 0. The normalized spacial score (nSPS) is 24.5. The fourth-order valence-electron chi connectivity index (χ4n) is 2.75. The zero-order valence-corrected chi connectivity index (χ0v) is 12.1. The van der Waals surface area contributed by atoms with Gasteiger partial charge >= 0.3 is 0 Å². The number of ether oxygens (including phenoxy) is 2. The summed E-state index contributed by atoms with van der Waals surface area (Å²) in [5.74, 6) is -0.215. The van der Waals surface area contributed by atoms with Gasteiger partial charge in [-0.05, 0) is 33.7 Å². The van der Waals surface area contributed by atoms with E-state index in [-0.39, 0.29) is 5.79 Å². The maximum absolute atomic E-state index is 5.75. The molecule has 0 aromatic rings. The van der Waals surface area contributed by atoms with Crippen molar-refractivity contribution >= 4 is 0 Å². The standard InChI is InChI=1S/C14H28N2O2/c1-12(2)16(3)9-8-15-13-4-6-14(7-5-13)17-10-11-18-14/h12-13,15H,4-11H2,1-3H3. The van der Waals surface area contributed by atoms with E-state index < -0.39 is 0 Å². The van der Waals surface area contributed by atoms with Crippen LogP contribution < -0.4 is 5.32 Å². The molecule has 1 heterocycles. The predicted molar refractivity (Wildman–Crippen MR) is 72.7 cm³/mol. The van der Waals surface area contributed by atoms with Gasteiger partial charge < -0.3 is 19.7 Å². The molecule has 1 aliphatic carbocycles. The number of nitrogens with one attached hydrogen (secondary N) is 1.